The molecule has 4 rings (SSSR count). The number of halogens is 3. The maximum absolute atomic E-state index is 16.1. The Kier molecular flexibility index (Phi) is 6.73. The Labute approximate surface area is 219 Å². The van der Waals surface area contributed by atoms with Gasteiger partial charge in [0.05, 0.1) is 6.42 Å². The highest BCUT2D eigenvalue weighted by molar-refractivity contribution is 6.98. The number of rotatable bonds is 5. The molecule has 2 aliphatic rings. The Hall–Kier alpha value is -3.92. The molecule has 2 aromatic carbocycles. The molecule has 0 saturated carbocycles. The molecule has 1 aliphatic heterocycles. The molecule has 0 radical (unpaired) electrons. The predicted octanol–water partition coefficient (Wildman–Crippen LogP) is 3.97. The minimum Gasteiger partial charge on any atom is -0.481 e. The number of fused-ring (bicyclic) bond motifs is 2. The van der Waals surface area contributed by atoms with E-state index in [0.717, 1.165) is 21.8 Å². The van der Waals surface area contributed by atoms with Gasteiger partial charge in [0.25, 0.3) is 0 Å². The summed E-state index contributed by atoms with van der Waals surface area (Å²) in [7, 11) is 5.00. The van der Waals surface area contributed by atoms with Crippen LogP contribution < -0.4 is 10.1 Å². The number of aromatic carboxylic acids is 1. The summed E-state index contributed by atoms with van der Waals surface area (Å²) in [4.78, 5) is 25.6. The number of hydrogen-bond acceptors (Lipinski definition) is 3. The van der Waals surface area contributed by atoms with Gasteiger partial charge in [-0.2, -0.15) is 0 Å². The molecule has 1 aliphatic carbocycles. The Morgan fingerprint density at radius 2 is 1.66 bits per heavy atom. The molecule has 1 heterocycles. The molecule has 38 heavy (non-hydrogen) atoms. The number of carboxylic acid groups (broad SMARTS) is 2. The SMILES string of the molecule is CN(C)c1ccc2c(c1)[Si](C)(C)C1=CC(=[N+](C)C)C=CC1=C2c1c(F)c(CC(=O)O)c(F)c(F)c1C(=O)O. The van der Waals surface area contributed by atoms with Crippen LogP contribution in [0.5, 0.6) is 0 Å². The maximum atomic E-state index is 16.1. The van der Waals surface area contributed by atoms with E-state index in [2.05, 4.69) is 13.1 Å². The number of carbonyl (C=O) groups is 2. The predicted molar refractivity (Wildman–Crippen MR) is 143 cm³/mol. The Morgan fingerprint density at radius 3 is 2.21 bits per heavy atom. The first-order valence-electron chi connectivity index (χ1n) is 11.8. The Morgan fingerprint density at radius 1 is 1.00 bits per heavy atom. The molecule has 0 bridgehead atoms. The third-order valence-electron chi connectivity index (χ3n) is 7.13. The van der Waals surface area contributed by atoms with E-state index in [0.29, 0.717) is 11.1 Å². The highest BCUT2D eigenvalue weighted by Crippen LogP contribution is 2.44. The number of carboxylic acids is 2. The van der Waals surface area contributed by atoms with Crippen molar-refractivity contribution < 1.29 is 37.5 Å². The number of allylic oxidation sites excluding steroid dienone is 5. The van der Waals surface area contributed by atoms with Crippen LogP contribution in [0, 0.1) is 17.5 Å². The third kappa shape index (κ3) is 4.18. The van der Waals surface area contributed by atoms with E-state index in [-0.39, 0.29) is 5.57 Å². The molecule has 0 spiro atoms. The summed E-state index contributed by atoms with van der Waals surface area (Å²) in [5.41, 5.74) is -0.0125. The number of anilines is 1. The van der Waals surface area contributed by atoms with Gasteiger partial charge in [-0.15, -0.1) is 0 Å². The van der Waals surface area contributed by atoms with Crippen molar-refractivity contribution in [3.8, 4) is 0 Å². The van der Waals surface area contributed by atoms with Crippen molar-refractivity contribution in [1.82, 2.24) is 0 Å². The molecule has 0 aromatic heterocycles. The lowest BCUT2D eigenvalue weighted by atomic mass is 9.85. The highest BCUT2D eigenvalue weighted by Gasteiger charge is 2.43. The van der Waals surface area contributed by atoms with Crippen molar-refractivity contribution in [2.75, 3.05) is 33.1 Å². The van der Waals surface area contributed by atoms with Crippen LogP contribution in [0.25, 0.3) is 5.57 Å². The van der Waals surface area contributed by atoms with Gasteiger partial charge in [0.15, 0.2) is 17.3 Å². The minimum absolute atomic E-state index is 0.0953. The molecule has 0 atom stereocenters. The van der Waals surface area contributed by atoms with Crippen LogP contribution in [0.2, 0.25) is 13.1 Å². The summed E-state index contributed by atoms with van der Waals surface area (Å²) in [6.45, 7) is 4.24. The van der Waals surface area contributed by atoms with E-state index < -0.39 is 60.6 Å². The topological polar surface area (TPSA) is 80.8 Å². The number of hydrogen-bond donors (Lipinski definition) is 2. The maximum Gasteiger partial charge on any atom is 0.339 e. The van der Waals surface area contributed by atoms with Crippen LogP contribution in [0.3, 0.4) is 0 Å². The quantitative estimate of drug-likeness (QED) is 0.340. The van der Waals surface area contributed by atoms with E-state index in [9.17, 15) is 24.2 Å². The van der Waals surface area contributed by atoms with Gasteiger partial charge >= 0.3 is 11.9 Å². The zero-order valence-corrected chi connectivity index (χ0v) is 22.9. The first-order valence-corrected chi connectivity index (χ1v) is 14.8. The lowest BCUT2D eigenvalue weighted by molar-refractivity contribution is -0.462. The zero-order valence-electron chi connectivity index (χ0n) is 21.9. The van der Waals surface area contributed by atoms with E-state index in [1.165, 1.54) is 0 Å². The van der Waals surface area contributed by atoms with Gasteiger partial charge in [-0.05, 0) is 45.3 Å². The standard InChI is InChI=1S/C28H27F3N2O4Si/c1-32(2)14-7-9-16-19(11-14)38(5,6)20-12-15(33(3)4)8-10-17(20)22(16)23-24(28(36)37)27(31)26(30)18(25(23)29)13-21(34)35/h7-12H,13H2,1-6H3,(H-,34,35,36,37)/p+1. The number of aliphatic carboxylic acids is 1. The second-order valence-corrected chi connectivity index (χ2v) is 14.6. The zero-order chi connectivity index (χ0) is 28.3. The molecule has 6 nitrogen and oxygen atoms in total. The van der Waals surface area contributed by atoms with Crippen LogP contribution in [-0.4, -0.2) is 68.7 Å². The van der Waals surface area contributed by atoms with Crippen LogP contribution in [-0.2, 0) is 11.2 Å². The molecule has 0 unspecified atom stereocenters. The monoisotopic (exact) mass is 541 g/mol. The fourth-order valence-corrected chi connectivity index (χ4v) is 8.17. The van der Waals surface area contributed by atoms with E-state index in [1.54, 1.807) is 24.3 Å². The minimum atomic E-state index is -2.49. The van der Waals surface area contributed by atoms with Gasteiger partial charge < -0.3 is 15.1 Å². The average Bonchev–Trinajstić information content (AvgIpc) is 2.84. The molecule has 0 fully saturated rings. The Bertz CT molecular complexity index is 1550. The average molecular weight is 542 g/mol. The molecular formula is C28H28F3N2O4Si+. The summed E-state index contributed by atoms with van der Waals surface area (Å²) in [5.74, 6) is -8.44. The van der Waals surface area contributed by atoms with Crippen LogP contribution in [0.15, 0.2) is 47.2 Å². The first-order chi connectivity index (χ1) is 17.7. The van der Waals surface area contributed by atoms with Crippen molar-refractivity contribution in [3.05, 3.63) is 86.9 Å². The summed E-state index contributed by atoms with van der Waals surface area (Å²) in [5, 5.41) is 20.9. The number of nitrogens with zero attached hydrogens (tertiary/aromatic N) is 2. The van der Waals surface area contributed by atoms with E-state index in [4.69, 9.17) is 0 Å². The van der Waals surface area contributed by atoms with Crippen LogP contribution in [0.4, 0.5) is 18.9 Å². The second kappa shape index (κ2) is 9.43. The molecule has 10 heteroatoms. The van der Waals surface area contributed by atoms with Crippen LogP contribution in [0.1, 0.15) is 27.0 Å². The van der Waals surface area contributed by atoms with Crippen molar-refractivity contribution in [1.29, 1.82) is 0 Å². The molecule has 198 valence electrons. The summed E-state index contributed by atoms with van der Waals surface area (Å²) >= 11 is 0. The lowest BCUT2D eigenvalue weighted by Gasteiger charge is -2.38. The first kappa shape index (κ1) is 27.1. The van der Waals surface area contributed by atoms with Crippen molar-refractivity contribution in [2.45, 2.75) is 19.5 Å². The van der Waals surface area contributed by atoms with Gasteiger partial charge in [-0.1, -0.05) is 19.2 Å². The van der Waals surface area contributed by atoms with Gasteiger partial charge in [0, 0.05) is 43.1 Å². The smallest absolute Gasteiger partial charge is 0.339 e. The fourth-order valence-electron chi connectivity index (χ4n) is 5.10. The lowest BCUT2D eigenvalue weighted by Crippen LogP contribution is -2.50. The van der Waals surface area contributed by atoms with E-state index in [1.807, 2.05) is 49.8 Å². The molecule has 0 saturated heterocycles. The second-order valence-electron chi connectivity index (χ2n) is 10.3. The molecule has 2 N–H and O–H groups in total. The van der Waals surface area contributed by atoms with Gasteiger partial charge in [0.1, 0.15) is 33.5 Å². The Balaban J connectivity index is 2.25. The van der Waals surface area contributed by atoms with Gasteiger partial charge in [0.2, 0.25) is 0 Å². The van der Waals surface area contributed by atoms with Crippen molar-refractivity contribution >= 4 is 42.2 Å². The van der Waals surface area contributed by atoms with Gasteiger partial charge in [-0.3, -0.25) is 4.79 Å². The molecule has 0 amide bonds. The van der Waals surface area contributed by atoms with Crippen LogP contribution >= 0.6 is 0 Å². The summed E-state index contributed by atoms with van der Waals surface area (Å²) in [6, 6.07) is 5.49. The summed E-state index contributed by atoms with van der Waals surface area (Å²) < 4.78 is 48.1. The highest BCUT2D eigenvalue weighted by atomic mass is 28.3. The molecular weight excluding hydrogens is 513 g/mol. The van der Waals surface area contributed by atoms with Crippen molar-refractivity contribution in [2.24, 2.45) is 0 Å². The molecule has 2 aromatic rings. The third-order valence-corrected chi connectivity index (χ3v) is 10.6. The largest absolute Gasteiger partial charge is 0.481 e. The normalized spacial score (nSPS) is 15.6. The fraction of sp³-hybridized carbons (Fsp3) is 0.250. The van der Waals surface area contributed by atoms with Crippen molar-refractivity contribution in [3.63, 3.8) is 0 Å². The number of benzene rings is 2. The van der Waals surface area contributed by atoms with Gasteiger partial charge in [-0.25, -0.2) is 22.5 Å². The van der Waals surface area contributed by atoms with E-state index >= 15 is 8.78 Å². The summed E-state index contributed by atoms with van der Waals surface area (Å²) in [6.07, 6.45) is 4.34.